The Kier molecular flexibility index (Phi) is 79.4. The molecule has 0 aromatic rings. The topological polar surface area (TPSA) is 41.6 Å². The molecule has 0 aliphatic rings. The molecule has 0 radical (unpaired) electrons. The number of hydroxylamine groups is 2. The number of hydrogen-bond acceptors (Lipinski definition) is 4. The van der Waals surface area contributed by atoms with Gasteiger partial charge in [0, 0.05) is 20.0 Å². The van der Waals surface area contributed by atoms with Crippen LogP contribution in [0.3, 0.4) is 0 Å². The maximum atomic E-state index is 9.56. The van der Waals surface area contributed by atoms with E-state index in [1.165, 1.54) is 353 Å². The summed E-state index contributed by atoms with van der Waals surface area (Å²) in [7, 11) is 4.16. The quantitative estimate of drug-likeness (QED) is 0.0374. The number of carbonyl (C=O) groups excluding carboxylic acids is 1. The standard InChI is InChI=1S/C36H75NO.C30H63N.C5H10O/c1-5-8-11-13-15-18-22-26-31-36(32-27-23-19-16-14-12-9-6-2)33-28-24-20-17-21-25-30-35-38-37(4)34-29-10-7-3;1-4-6-8-10-12-14-18-22-26-30(27-23-19-15-13-11-9-7-5-2)28-24-20-16-17-21-25-29-31-3;1-2-3-4-5-6/h36H,5-35H2,1-4H3;30-31H,4-29H2,1-3H3;5H,2-4H2,1H3. The van der Waals surface area contributed by atoms with E-state index in [1.54, 1.807) is 0 Å². The van der Waals surface area contributed by atoms with Gasteiger partial charge in [-0.1, -0.05) is 375 Å². The zero-order valence-electron chi connectivity index (χ0n) is 53.9. The van der Waals surface area contributed by atoms with Gasteiger partial charge in [-0.15, -0.1) is 0 Å². The molecule has 0 heterocycles. The highest BCUT2D eigenvalue weighted by atomic mass is 16.7. The van der Waals surface area contributed by atoms with Crippen LogP contribution < -0.4 is 5.32 Å². The van der Waals surface area contributed by atoms with Crippen molar-refractivity contribution in [1.29, 1.82) is 0 Å². The fraction of sp³-hybridized carbons (Fsp3) is 0.986. The first-order valence-electron chi connectivity index (χ1n) is 35.4. The van der Waals surface area contributed by atoms with Crippen LogP contribution in [0.15, 0.2) is 0 Å². The molecule has 0 aliphatic heterocycles. The summed E-state index contributed by atoms with van der Waals surface area (Å²) in [4.78, 5) is 15.4. The second kappa shape index (κ2) is 75.6. The second-order valence-corrected chi connectivity index (χ2v) is 24.3. The molecule has 4 nitrogen and oxygen atoms in total. The minimum Gasteiger partial charge on any atom is -0.320 e. The Morgan fingerprint density at radius 2 is 0.560 bits per heavy atom. The van der Waals surface area contributed by atoms with Crippen LogP contribution in [0.5, 0.6) is 0 Å². The predicted octanol–water partition coefficient (Wildman–Crippen LogP) is 24.8. The summed E-state index contributed by atoms with van der Waals surface area (Å²) < 4.78 is 0. The number of carbonyl (C=O) groups is 1. The molecule has 0 amide bonds. The van der Waals surface area contributed by atoms with Crippen molar-refractivity contribution in [3.05, 3.63) is 0 Å². The number of unbranched alkanes of at least 4 members (excludes halogenated alkanes) is 43. The van der Waals surface area contributed by atoms with Gasteiger partial charge in [0.1, 0.15) is 6.29 Å². The largest absolute Gasteiger partial charge is 0.320 e. The number of nitrogens with zero attached hydrogens (tertiary/aromatic N) is 1. The van der Waals surface area contributed by atoms with E-state index in [1.807, 2.05) is 5.06 Å². The highest BCUT2D eigenvalue weighted by Gasteiger charge is 2.11. The molecular formula is C71H148N2O2. The Bertz CT molecular complexity index is 876. The summed E-state index contributed by atoms with van der Waals surface area (Å²) in [6.07, 6.45) is 82.0. The van der Waals surface area contributed by atoms with Gasteiger partial charge in [-0.05, 0) is 51.1 Å². The van der Waals surface area contributed by atoms with Crippen molar-refractivity contribution in [3.63, 3.8) is 0 Å². The normalized spacial score (nSPS) is 11.5. The van der Waals surface area contributed by atoms with E-state index < -0.39 is 0 Å². The van der Waals surface area contributed by atoms with Crippen LogP contribution in [0.1, 0.15) is 408 Å². The minimum absolute atomic E-state index is 0.733. The zero-order valence-corrected chi connectivity index (χ0v) is 53.9. The van der Waals surface area contributed by atoms with Crippen molar-refractivity contribution in [2.45, 2.75) is 408 Å². The molecule has 0 aromatic carbocycles. The van der Waals surface area contributed by atoms with Crippen molar-refractivity contribution in [3.8, 4) is 0 Å². The Morgan fingerprint density at radius 3 is 0.813 bits per heavy atom. The molecule has 0 saturated heterocycles. The van der Waals surface area contributed by atoms with Crippen LogP contribution in [-0.2, 0) is 9.63 Å². The first-order chi connectivity index (χ1) is 37.0. The van der Waals surface area contributed by atoms with Crippen LogP contribution in [-0.4, -0.2) is 45.1 Å². The molecule has 0 fully saturated rings. The summed E-state index contributed by atoms with van der Waals surface area (Å²) in [5.74, 6) is 2.05. The van der Waals surface area contributed by atoms with Gasteiger partial charge in [0.15, 0.2) is 0 Å². The molecule has 0 saturated carbocycles. The van der Waals surface area contributed by atoms with E-state index >= 15 is 0 Å². The lowest BCUT2D eigenvalue weighted by molar-refractivity contribution is -0.141. The van der Waals surface area contributed by atoms with Crippen molar-refractivity contribution >= 4 is 6.29 Å². The third kappa shape index (κ3) is 75.6. The summed E-state index contributed by atoms with van der Waals surface area (Å²) in [5, 5.41) is 5.32. The highest BCUT2D eigenvalue weighted by molar-refractivity contribution is 5.48. The monoisotopic (exact) mass is 1060 g/mol. The van der Waals surface area contributed by atoms with Crippen LogP contribution in [0, 0.1) is 11.8 Å². The average Bonchev–Trinajstić information content (AvgIpc) is 3.42. The Hall–Kier alpha value is -0.450. The molecular weight excluding hydrogens is 913 g/mol. The van der Waals surface area contributed by atoms with Gasteiger partial charge >= 0.3 is 0 Å². The van der Waals surface area contributed by atoms with Crippen molar-refractivity contribution in [2.24, 2.45) is 11.8 Å². The molecule has 0 bridgehead atoms. The van der Waals surface area contributed by atoms with Gasteiger partial charge in [0.2, 0.25) is 0 Å². The van der Waals surface area contributed by atoms with E-state index in [0.717, 1.165) is 50.5 Å². The second-order valence-electron chi connectivity index (χ2n) is 24.3. The highest BCUT2D eigenvalue weighted by Crippen LogP contribution is 2.27. The van der Waals surface area contributed by atoms with Crippen molar-refractivity contribution in [2.75, 3.05) is 33.8 Å². The number of rotatable bonds is 63. The smallest absolute Gasteiger partial charge is 0.119 e. The number of aldehydes is 1. The molecule has 1 N–H and O–H groups in total. The van der Waals surface area contributed by atoms with Gasteiger partial charge < -0.3 is 10.1 Å². The van der Waals surface area contributed by atoms with E-state index in [0.29, 0.717) is 0 Å². The van der Waals surface area contributed by atoms with Gasteiger partial charge in [-0.2, -0.15) is 5.06 Å². The average molecular weight is 1060 g/mol. The van der Waals surface area contributed by atoms with E-state index in [9.17, 15) is 4.79 Å². The molecule has 75 heavy (non-hydrogen) atoms. The molecule has 0 rings (SSSR count). The van der Waals surface area contributed by atoms with E-state index in [2.05, 4.69) is 61.0 Å². The van der Waals surface area contributed by atoms with Crippen molar-refractivity contribution in [1.82, 2.24) is 10.4 Å². The Balaban J connectivity index is -0.00000126. The fourth-order valence-corrected chi connectivity index (χ4v) is 11.2. The summed E-state index contributed by atoms with van der Waals surface area (Å²) in [6.45, 7) is 16.8. The van der Waals surface area contributed by atoms with Gasteiger partial charge in [-0.25, -0.2) is 0 Å². The molecule has 0 unspecified atom stereocenters. The molecule has 4 heteroatoms. The van der Waals surface area contributed by atoms with E-state index in [4.69, 9.17) is 4.84 Å². The van der Waals surface area contributed by atoms with E-state index in [-0.39, 0.29) is 0 Å². The maximum Gasteiger partial charge on any atom is 0.119 e. The lowest BCUT2D eigenvalue weighted by atomic mass is 9.89. The van der Waals surface area contributed by atoms with Crippen LogP contribution in [0.25, 0.3) is 0 Å². The lowest BCUT2D eigenvalue weighted by Crippen LogP contribution is -2.20. The van der Waals surface area contributed by atoms with Gasteiger partial charge in [0.05, 0.1) is 6.61 Å². The van der Waals surface area contributed by atoms with Crippen LogP contribution >= 0.6 is 0 Å². The van der Waals surface area contributed by atoms with Crippen LogP contribution in [0.4, 0.5) is 0 Å². The third-order valence-corrected chi connectivity index (χ3v) is 16.5. The zero-order chi connectivity index (χ0) is 55.3. The van der Waals surface area contributed by atoms with Gasteiger partial charge in [-0.3, -0.25) is 4.84 Å². The number of hydrogen-bond donors (Lipinski definition) is 1. The van der Waals surface area contributed by atoms with Crippen molar-refractivity contribution < 1.29 is 9.63 Å². The van der Waals surface area contributed by atoms with Crippen LogP contribution in [0.2, 0.25) is 0 Å². The molecule has 0 atom stereocenters. The first kappa shape index (κ1) is 78.8. The van der Waals surface area contributed by atoms with Gasteiger partial charge in [0.25, 0.3) is 0 Å². The Morgan fingerprint density at radius 1 is 0.320 bits per heavy atom. The predicted molar refractivity (Wildman–Crippen MR) is 343 cm³/mol. The summed E-state index contributed by atoms with van der Waals surface area (Å²) in [6, 6.07) is 0. The minimum atomic E-state index is 0.733. The third-order valence-electron chi connectivity index (χ3n) is 16.5. The lowest BCUT2D eigenvalue weighted by Gasteiger charge is -2.17. The first-order valence-corrected chi connectivity index (χ1v) is 35.4. The number of nitrogens with one attached hydrogen (secondary N) is 1. The SMILES string of the molecule is CCCCC=O.CCCCCCCCCCC(CCCCCCCCCC)CCCCCCCCCON(C)CCCCC.CCCCCCCCCCC(CCCCCCCCCC)CCCCCCCCNC. The summed E-state index contributed by atoms with van der Waals surface area (Å²) >= 11 is 0. The molecule has 0 aliphatic carbocycles. The maximum absolute atomic E-state index is 9.56. The fourth-order valence-electron chi connectivity index (χ4n) is 11.2. The molecule has 0 aromatic heterocycles. The molecule has 0 spiro atoms. The summed E-state index contributed by atoms with van der Waals surface area (Å²) in [5.41, 5.74) is 0. The molecule has 454 valence electrons. The Labute approximate surface area is 477 Å².